The van der Waals surface area contributed by atoms with E-state index in [9.17, 15) is 14.3 Å². The van der Waals surface area contributed by atoms with E-state index in [1.54, 1.807) is 0 Å². The van der Waals surface area contributed by atoms with Crippen LogP contribution in [0.1, 0.15) is 6.92 Å². The van der Waals surface area contributed by atoms with E-state index < -0.39 is 43.4 Å². The molecule has 104 valence electrons. The van der Waals surface area contributed by atoms with Gasteiger partial charge in [-0.05, 0) is 0 Å². The Kier molecular flexibility index (Phi) is 3.71. The Bertz CT molecular complexity index is 332. The van der Waals surface area contributed by atoms with Crippen molar-refractivity contribution in [2.24, 2.45) is 11.7 Å². The monoisotopic (exact) mass is 262 g/mol. The molecule has 8 heteroatoms. The number of carbonyl (C=O) groups is 1. The third-order valence-corrected chi connectivity index (χ3v) is 3.43. The maximum Gasteiger partial charge on any atom is 0.320 e. The van der Waals surface area contributed by atoms with Crippen molar-refractivity contribution >= 4 is 6.03 Å². The van der Waals surface area contributed by atoms with Gasteiger partial charge in [0.15, 0.2) is 12.4 Å². The number of carbonyl (C=O) groups excluding carboxylic acids is 1. The molecule has 0 spiro atoms. The van der Waals surface area contributed by atoms with Crippen molar-refractivity contribution in [1.82, 2.24) is 10.2 Å². The number of aliphatic hydroxyl groups is 2. The Morgan fingerprint density at radius 2 is 2.33 bits per heavy atom. The fourth-order valence-corrected chi connectivity index (χ4v) is 2.20. The molecule has 0 aromatic carbocycles. The number of ether oxygens (including phenoxy) is 1. The number of halogens is 1. The van der Waals surface area contributed by atoms with Crippen LogP contribution in [0.2, 0.25) is 0 Å². The van der Waals surface area contributed by atoms with Crippen molar-refractivity contribution < 1.29 is 24.1 Å². The molecule has 7 nitrogen and oxygen atoms in total. The van der Waals surface area contributed by atoms with Crippen LogP contribution in [-0.4, -0.2) is 65.1 Å². The molecule has 2 heterocycles. The summed E-state index contributed by atoms with van der Waals surface area (Å²) in [6, 6.07) is -0.529. The van der Waals surface area contributed by atoms with Gasteiger partial charge in [-0.3, -0.25) is 4.90 Å². The van der Waals surface area contributed by atoms with Crippen LogP contribution in [0.5, 0.6) is 0 Å². The van der Waals surface area contributed by atoms with Crippen LogP contribution in [-0.2, 0) is 4.74 Å². The average Bonchev–Trinajstić information content (AvgIpc) is 2.61. The van der Waals surface area contributed by atoms with Crippen LogP contribution in [0, 0.1) is 5.92 Å². The van der Waals surface area contributed by atoms with Crippen molar-refractivity contribution in [3.63, 3.8) is 0 Å². The Balaban J connectivity index is 2.10. The van der Waals surface area contributed by atoms with E-state index in [2.05, 4.69) is 5.32 Å². The van der Waals surface area contributed by atoms with Crippen molar-refractivity contribution in [3.05, 3.63) is 0 Å². The number of rotatable bonds is 2. The average molecular weight is 262 g/mol. The topological polar surface area (TPSA) is 108 Å². The Morgan fingerprint density at radius 3 is 2.89 bits per heavy atom. The summed E-state index contributed by atoms with van der Waals surface area (Å²) in [6.45, 7) is 1.56. The predicted octanol–water partition coefficient (Wildman–Crippen LogP) is -1.65. The lowest BCUT2D eigenvalue weighted by Crippen LogP contribution is -2.63. The maximum absolute atomic E-state index is 13.9. The first kappa shape index (κ1) is 13.5. The van der Waals surface area contributed by atoms with E-state index in [1.165, 1.54) is 0 Å². The van der Waals surface area contributed by atoms with E-state index in [-0.39, 0.29) is 12.5 Å². The number of aliphatic hydroxyl groups excluding tert-OH is 2. The zero-order valence-corrected chi connectivity index (χ0v) is 9.99. The maximum atomic E-state index is 13.9. The summed E-state index contributed by atoms with van der Waals surface area (Å²) in [6.07, 6.45) is -5.85. The number of nitrogens with two attached hydrogens (primary N) is 1. The molecule has 0 bridgehead atoms. The molecular weight excluding hydrogens is 244 g/mol. The highest BCUT2D eigenvalue weighted by Crippen LogP contribution is 2.28. The SMILES string of the molecule is C[C@H]1CN(C2O[C@H](CO)[C@H](O)[C@H]2[18F])C(=O)N[C@H]1N. The molecule has 0 aromatic rings. The van der Waals surface area contributed by atoms with E-state index in [1.807, 2.05) is 6.92 Å². The highest BCUT2D eigenvalue weighted by Gasteiger charge is 2.49. The van der Waals surface area contributed by atoms with Crippen molar-refractivity contribution in [2.75, 3.05) is 13.2 Å². The fraction of sp³-hybridized carbons (Fsp3) is 0.900. The molecule has 2 fully saturated rings. The van der Waals surface area contributed by atoms with Gasteiger partial charge in [0.25, 0.3) is 0 Å². The minimum absolute atomic E-state index is 0.0659. The minimum atomic E-state index is -1.74. The Morgan fingerprint density at radius 1 is 1.67 bits per heavy atom. The lowest BCUT2D eigenvalue weighted by molar-refractivity contribution is -0.0791. The van der Waals surface area contributed by atoms with Gasteiger partial charge in [0, 0.05) is 12.5 Å². The van der Waals surface area contributed by atoms with Crippen LogP contribution in [0.3, 0.4) is 0 Å². The Labute approximate surface area is 104 Å². The minimum Gasteiger partial charge on any atom is -0.394 e. The molecule has 0 aliphatic carbocycles. The first-order valence-corrected chi connectivity index (χ1v) is 5.87. The number of alkyl halides is 1. The van der Waals surface area contributed by atoms with E-state index in [0.717, 1.165) is 4.90 Å². The van der Waals surface area contributed by atoms with Crippen LogP contribution in [0.4, 0.5) is 9.18 Å². The van der Waals surface area contributed by atoms with Crippen molar-refractivity contribution in [3.8, 4) is 0 Å². The molecule has 2 aliphatic rings. The molecule has 2 saturated heterocycles. The predicted molar refractivity (Wildman–Crippen MR) is 59.0 cm³/mol. The molecule has 1 unspecified atom stereocenters. The molecule has 2 amide bonds. The second-order valence-electron chi connectivity index (χ2n) is 4.79. The normalized spacial score (nSPS) is 45.2. The molecule has 0 aromatic heterocycles. The molecule has 0 saturated carbocycles. The summed E-state index contributed by atoms with van der Waals surface area (Å²) in [4.78, 5) is 12.9. The summed E-state index contributed by atoms with van der Waals surface area (Å²) in [7, 11) is 0. The summed E-state index contributed by atoms with van der Waals surface area (Å²) in [5, 5.41) is 21.0. The van der Waals surface area contributed by atoms with Gasteiger partial charge in [0.1, 0.15) is 12.2 Å². The van der Waals surface area contributed by atoms with E-state index >= 15 is 0 Å². The largest absolute Gasteiger partial charge is 0.394 e. The summed E-state index contributed by atoms with van der Waals surface area (Å²) in [5.41, 5.74) is 5.66. The summed E-state index contributed by atoms with van der Waals surface area (Å²) < 4.78 is 19.0. The molecule has 6 atom stereocenters. The lowest BCUT2D eigenvalue weighted by Gasteiger charge is -2.39. The third kappa shape index (κ3) is 2.16. The van der Waals surface area contributed by atoms with Gasteiger partial charge in [-0.15, -0.1) is 0 Å². The highest BCUT2D eigenvalue weighted by molar-refractivity contribution is 5.75. The van der Waals surface area contributed by atoms with E-state index in [4.69, 9.17) is 15.6 Å². The van der Waals surface area contributed by atoms with Gasteiger partial charge in [-0.1, -0.05) is 6.92 Å². The molecular formula is C10H18FN3O4. The van der Waals surface area contributed by atoms with Gasteiger partial charge in [-0.2, -0.15) is 0 Å². The summed E-state index contributed by atoms with van der Waals surface area (Å²) in [5.74, 6) is -0.0659. The first-order chi connectivity index (χ1) is 8.45. The lowest BCUT2D eigenvalue weighted by atomic mass is 10.1. The number of hydrogen-bond donors (Lipinski definition) is 4. The summed E-state index contributed by atoms with van der Waals surface area (Å²) >= 11 is 0. The number of nitrogens with zero attached hydrogens (tertiary/aromatic N) is 1. The number of urea groups is 1. The van der Waals surface area contributed by atoms with Gasteiger partial charge in [0.2, 0.25) is 0 Å². The Hall–Kier alpha value is -0.960. The molecule has 5 N–H and O–H groups in total. The second-order valence-corrected chi connectivity index (χ2v) is 4.79. The van der Waals surface area contributed by atoms with Crippen LogP contribution in [0.15, 0.2) is 0 Å². The van der Waals surface area contributed by atoms with Gasteiger partial charge < -0.3 is 26.0 Å². The molecule has 18 heavy (non-hydrogen) atoms. The zero-order valence-electron chi connectivity index (χ0n) is 9.99. The number of amides is 2. The van der Waals surface area contributed by atoms with Gasteiger partial charge >= 0.3 is 6.03 Å². The van der Waals surface area contributed by atoms with Crippen LogP contribution in [0.25, 0.3) is 0 Å². The van der Waals surface area contributed by atoms with E-state index in [0.29, 0.717) is 0 Å². The highest BCUT2D eigenvalue weighted by atomic mass is 18.2. The van der Waals surface area contributed by atoms with Crippen molar-refractivity contribution in [2.45, 2.75) is 37.7 Å². The van der Waals surface area contributed by atoms with Crippen LogP contribution >= 0.6 is 0 Å². The standard InChI is InChI=1S/C10H18FN3O4/c1-4-2-14(10(17)13-8(4)12)9-6(11)7(16)5(3-15)18-9/h4-9,15-16H,2-3,12H2,1H3,(H,13,17)/t4-,5+,6+,7-,8+,9?/m0/s1/i11-1. The van der Waals surface area contributed by atoms with Crippen molar-refractivity contribution in [1.29, 1.82) is 0 Å². The first-order valence-electron chi connectivity index (χ1n) is 5.87. The fourth-order valence-electron chi connectivity index (χ4n) is 2.20. The molecule has 2 aliphatic heterocycles. The zero-order chi connectivity index (χ0) is 13.4. The second kappa shape index (κ2) is 4.96. The molecule has 0 radical (unpaired) electrons. The van der Waals surface area contributed by atoms with Gasteiger partial charge in [0.05, 0.1) is 12.8 Å². The smallest absolute Gasteiger partial charge is 0.320 e. The number of nitrogens with one attached hydrogen (secondary N) is 1. The molecule has 2 rings (SSSR count). The van der Waals surface area contributed by atoms with Gasteiger partial charge in [-0.25, -0.2) is 9.18 Å². The number of hydrogen-bond acceptors (Lipinski definition) is 5. The third-order valence-electron chi connectivity index (χ3n) is 3.43. The van der Waals surface area contributed by atoms with Crippen LogP contribution < -0.4 is 11.1 Å². The quantitative estimate of drug-likeness (QED) is 0.477.